The number of carbonyl (C=O) groups excluding carboxylic acids is 2. The monoisotopic (exact) mass is 580 g/mol. The summed E-state index contributed by atoms with van der Waals surface area (Å²) in [7, 11) is -1.58. The number of piperidine rings is 2. The number of nitrogens with zero attached hydrogens (tertiary/aromatic N) is 3. The number of nitrogens with one attached hydrogen (secondary N) is 1. The summed E-state index contributed by atoms with van der Waals surface area (Å²) in [6.45, 7) is 3.11. The van der Waals surface area contributed by atoms with Gasteiger partial charge in [0.25, 0.3) is 5.91 Å². The van der Waals surface area contributed by atoms with Crippen LogP contribution in [0.5, 0.6) is 0 Å². The molecule has 1 atom stereocenters. The SMILES string of the molecule is CN1CCC[C@@H](CC(=O)CC2CCN(c3ncc(S(C)(=O)=O)cc3NC(=O)c3cccc(C(F)(F)F)c3)CC2)C1. The van der Waals surface area contributed by atoms with Crippen molar-refractivity contribution >= 4 is 33.0 Å². The molecule has 0 saturated carbocycles. The molecule has 218 valence electrons. The molecule has 40 heavy (non-hydrogen) atoms. The average Bonchev–Trinajstić information content (AvgIpc) is 2.88. The van der Waals surface area contributed by atoms with Crippen LogP contribution >= 0.6 is 0 Å². The molecular weight excluding hydrogens is 545 g/mol. The standard InChI is InChI=1S/C28H35F3N4O4S/c1-34-10-4-5-20(18-34)14-23(36)13-19-8-11-35(12-9-19)26-25(16-24(17-32-26)40(2,38)39)33-27(37)21-6-3-7-22(15-21)28(29,30)31/h3,6-7,15-17,19-20H,4-5,8-14,18H2,1-2H3,(H,33,37)/t20-/m0/s1. The average molecular weight is 581 g/mol. The Hall–Kier alpha value is -2.99. The van der Waals surface area contributed by atoms with Crippen molar-refractivity contribution in [1.29, 1.82) is 0 Å². The summed E-state index contributed by atoms with van der Waals surface area (Å²) in [6, 6.07) is 5.29. The normalized spacial score (nSPS) is 19.4. The highest BCUT2D eigenvalue weighted by Gasteiger charge is 2.31. The van der Waals surface area contributed by atoms with E-state index in [2.05, 4.69) is 22.2 Å². The number of anilines is 2. The zero-order valence-electron chi connectivity index (χ0n) is 22.7. The maximum Gasteiger partial charge on any atom is 0.416 e. The van der Waals surface area contributed by atoms with Crippen molar-refractivity contribution in [2.45, 2.75) is 49.6 Å². The Morgan fingerprint density at radius 1 is 1.05 bits per heavy atom. The molecule has 8 nitrogen and oxygen atoms in total. The second-order valence-corrected chi connectivity index (χ2v) is 13.0. The minimum atomic E-state index is -4.61. The number of likely N-dealkylation sites (tertiary alicyclic amines) is 1. The molecule has 2 aliphatic rings. The fraction of sp³-hybridized carbons (Fsp3) is 0.536. The van der Waals surface area contributed by atoms with Crippen molar-refractivity contribution in [1.82, 2.24) is 9.88 Å². The van der Waals surface area contributed by atoms with E-state index in [0.29, 0.717) is 37.7 Å². The Kier molecular flexibility index (Phi) is 9.19. The number of hydrogen-bond donors (Lipinski definition) is 1. The summed E-state index contributed by atoms with van der Waals surface area (Å²) in [6.07, 6.45) is 2.39. The molecule has 2 saturated heterocycles. The summed E-state index contributed by atoms with van der Waals surface area (Å²) >= 11 is 0. The van der Waals surface area contributed by atoms with Crippen molar-refractivity contribution in [3.05, 3.63) is 47.7 Å². The third-order valence-electron chi connectivity index (χ3n) is 7.64. The summed E-state index contributed by atoms with van der Waals surface area (Å²) in [5, 5.41) is 2.57. The van der Waals surface area contributed by atoms with E-state index in [1.165, 1.54) is 18.3 Å². The molecule has 4 rings (SSSR count). The first-order valence-electron chi connectivity index (χ1n) is 13.4. The molecule has 1 amide bonds. The van der Waals surface area contributed by atoms with Gasteiger partial charge in [-0.1, -0.05) is 6.07 Å². The smallest absolute Gasteiger partial charge is 0.355 e. The number of benzene rings is 1. The minimum Gasteiger partial charge on any atom is -0.355 e. The number of Topliss-reactive ketones (excluding diaryl/α,β-unsaturated/α-hetero) is 1. The fourth-order valence-corrected chi connectivity index (χ4v) is 6.11. The van der Waals surface area contributed by atoms with Crippen molar-refractivity contribution in [3.63, 3.8) is 0 Å². The summed E-state index contributed by atoms with van der Waals surface area (Å²) in [5.74, 6) is 0.440. The summed E-state index contributed by atoms with van der Waals surface area (Å²) in [4.78, 5) is 34.1. The van der Waals surface area contributed by atoms with Gasteiger partial charge >= 0.3 is 6.18 Å². The maximum absolute atomic E-state index is 13.2. The molecule has 2 fully saturated rings. The number of ketones is 1. The van der Waals surface area contributed by atoms with Crippen LogP contribution in [0.3, 0.4) is 0 Å². The van der Waals surface area contributed by atoms with Gasteiger partial charge in [0, 0.05) is 50.5 Å². The number of pyridine rings is 1. The van der Waals surface area contributed by atoms with Crippen LogP contribution in [0.25, 0.3) is 0 Å². The first kappa shape index (κ1) is 30.0. The number of rotatable bonds is 8. The van der Waals surface area contributed by atoms with Crippen LogP contribution in [0.4, 0.5) is 24.7 Å². The van der Waals surface area contributed by atoms with E-state index in [4.69, 9.17) is 0 Å². The zero-order chi connectivity index (χ0) is 29.1. The number of carbonyl (C=O) groups is 2. The second kappa shape index (κ2) is 12.3. The highest BCUT2D eigenvalue weighted by atomic mass is 32.2. The highest BCUT2D eigenvalue weighted by Crippen LogP contribution is 2.33. The first-order chi connectivity index (χ1) is 18.8. The molecule has 0 spiro atoms. The topological polar surface area (TPSA) is 99.7 Å². The van der Waals surface area contributed by atoms with Gasteiger partial charge < -0.3 is 15.1 Å². The minimum absolute atomic E-state index is 0.0984. The molecular formula is C28H35F3N4O4S. The fourth-order valence-electron chi connectivity index (χ4n) is 5.53. The van der Waals surface area contributed by atoms with Crippen LogP contribution in [0.15, 0.2) is 41.4 Å². The number of sulfone groups is 1. The molecule has 0 bridgehead atoms. The first-order valence-corrected chi connectivity index (χ1v) is 15.3. The Labute approximate surface area is 232 Å². The molecule has 1 N–H and O–H groups in total. The van der Waals surface area contributed by atoms with Gasteiger partial charge in [0.2, 0.25) is 0 Å². The second-order valence-electron chi connectivity index (χ2n) is 11.0. The van der Waals surface area contributed by atoms with E-state index in [0.717, 1.165) is 63.2 Å². The Morgan fingerprint density at radius 2 is 1.75 bits per heavy atom. The van der Waals surface area contributed by atoms with E-state index in [1.807, 2.05) is 4.90 Å². The van der Waals surface area contributed by atoms with E-state index in [9.17, 15) is 31.2 Å². The molecule has 3 heterocycles. The van der Waals surface area contributed by atoms with Crippen molar-refractivity contribution in [2.24, 2.45) is 11.8 Å². The van der Waals surface area contributed by atoms with Gasteiger partial charge in [-0.2, -0.15) is 13.2 Å². The summed E-state index contributed by atoms with van der Waals surface area (Å²) < 4.78 is 63.8. The van der Waals surface area contributed by atoms with E-state index in [-0.39, 0.29) is 27.8 Å². The Bertz CT molecular complexity index is 1340. The lowest BCUT2D eigenvalue weighted by Gasteiger charge is -2.34. The summed E-state index contributed by atoms with van der Waals surface area (Å²) in [5.41, 5.74) is -1.08. The molecule has 0 unspecified atom stereocenters. The number of amides is 1. The molecule has 2 aliphatic heterocycles. The third kappa shape index (κ3) is 7.81. The maximum atomic E-state index is 13.2. The van der Waals surface area contributed by atoms with Gasteiger partial charge in [0.05, 0.1) is 16.1 Å². The predicted molar refractivity (Wildman–Crippen MR) is 146 cm³/mol. The quantitative estimate of drug-likeness (QED) is 0.485. The number of halogens is 3. The van der Waals surface area contributed by atoms with Crippen LogP contribution in [0, 0.1) is 11.8 Å². The molecule has 12 heteroatoms. The number of alkyl halides is 3. The van der Waals surface area contributed by atoms with Gasteiger partial charge in [-0.15, -0.1) is 0 Å². The van der Waals surface area contributed by atoms with Crippen LogP contribution in [0.2, 0.25) is 0 Å². The van der Waals surface area contributed by atoms with Gasteiger partial charge in [0.1, 0.15) is 5.78 Å². The van der Waals surface area contributed by atoms with Crippen LogP contribution in [-0.2, 0) is 20.8 Å². The van der Waals surface area contributed by atoms with Crippen molar-refractivity contribution < 1.29 is 31.2 Å². The molecule has 0 radical (unpaired) electrons. The zero-order valence-corrected chi connectivity index (χ0v) is 23.5. The number of aromatic nitrogens is 1. The van der Waals surface area contributed by atoms with Gasteiger partial charge in [0.15, 0.2) is 15.7 Å². The molecule has 2 aromatic rings. The highest BCUT2D eigenvalue weighted by molar-refractivity contribution is 7.90. The van der Waals surface area contributed by atoms with Gasteiger partial charge in [-0.25, -0.2) is 13.4 Å². The van der Waals surface area contributed by atoms with Crippen LogP contribution in [-0.4, -0.2) is 69.5 Å². The lowest BCUT2D eigenvalue weighted by molar-refractivity contribution is -0.137. The van der Waals surface area contributed by atoms with Crippen molar-refractivity contribution in [2.75, 3.05) is 49.7 Å². The Morgan fingerprint density at radius 3 is 2.40 bits per heavy atom. The third-order valence-corrected chi connectivity index (χ3v) is 8.72. The van der Waals surface area contributed by atoms with Crippen molar-refractivity contribution in [3.8, 4) is 0 Å². The lowest BCUT2D eigenvalue weighted by atomic mass is 9.86. The van der Waals surface area contributed by atoms with Gasteiger partial charge in [-0.05, 0) is 75.4 Å². The largest absolute Gasteiger partial charge is 0.416 e. The van der Waals surface area contributed by atoms with E-state index in [1.54, 1.807) is 0 Å². The molecule has 1 aromatic heterocycles. The molecule has 0 aliphatic carbocycles. The Balaban J connectivity index is 1.45. The van der Waals surface area contributed by atoms with Crippen LogP contribution in [0.1, 0.15) is 54.4 Å². The lowest BCUT2D eigenvalue weighted by Crippen LogP contribution is -2.36. The van der Waals surface area contributed by atoms with Crippen LogP contribution < -0.4 is 10.2 Å². The van der Waals surface area contributed by atoms with E-state index < -0.39 is 27.5 Å². The van der Waals surface area contributed by atoms with Gasteiger partial charge in [-0.3, -0.25) is 9.59 Å². The molecule has 1 aromatic carbocycles. The van der Waals surface area contributed by atoms with E-state index >= 15 is 0 Å². The number of hydrogen-bond acceptors (Lipinski definition) is 7. The predicted octanol–water partition coefficient (Wildman–Crippen LogP) is 4.66.